The van der Waals surface area contributed by atoms with Gasteiger partial charge in [0.2, 0.25) is 0 Å². The number of hydrogen-bond acceptors (Lipinski definition) is 4. The highest BCUT2D eigenvalue weighted by Gasteiger charge is 1.99. The Bertz CT molecular complexity index is 637. The summed E-state index contributed by atoms with van der Waals surface area (Å²) in [6.07, 6.45) is 22.4. The third kappa shape index (κ3) is 18.1. The van der Waals surface area contributed by atoms with Crippen molar-refractivity contribution in [1.82, 2.24) is 0 Å². The lowest BCUT2D eigenvalue weighted by Crippen LogP contribution is -1.82. The van der Waals surface area contributed by atoms with E-state index in [0.717, 1.165) is 30.8 Å². The fourth-order valence-corrected chi connectivity index (χ4v) is 5.34. The largest absolute Gasteiger partial charge is 0.381 e. The summed E-state index contributed by atoms with van der Waals surface area (Å²) in [6.45, 7) is 6.51. The van der Waals surface area contributed by atoms with E-state index in [1.807, 2.05) is 17.4 Å². The number of thiophene rings is 2. The zero-order chi connectivity index (χ0) is 23.8. The van der Waals surface area contributed by atoms with Crippen molar-refractivity contribution in [1.29, 1.82) is 0 Å². The van der Waals surface area contributed by atoms with Gasteiger partial charge < -0.3 is 4.74 Å². The quantitative estimate of drug-likeness (QED) is 0.183. The van der Waals surface area contributed by atoms with Crippen molar-refractivity contribution in [3.05, 3.63) is 44.3 Å². The lowest BCUT2D eigenvalue weighted by Gasteiger charge is -1.98. The second-order valence-corrected chi connectivity index (χ2v) is 11.1. The second-order valence-electron chi connectivity index (χ2n) is 8.86. The molecule has 0 radical (unpaired) electrons. The van der Waals surface area contributed by atoms with E-state index in [1.165, 1.54) is 101 Å². The molecule has 0 N–H and O–H groups in total. The molecule has 2 aromatic heterocycles. The molecule has 0 bridgehead atoms. The molecule has 1 fully saturated rings. The molecular weight excluding hydrogens is 444 g/mol. The summed E-state index contributed by atoms with van der Waals surface area (Å²) in [5.74, 6) is 0. The van der Waals surface area contributed by atoms with Crippen molar-refractivity contribution in [2.45, 2.75) is 117 Å². The van der Waals surface area contributed by atoms with Crippen LogP contribution in [-0.2, 0) is 17.6 Å². The Morgan fingerprint density at radius 1 is 0.758 bits per heavy atom. The molecule has 0 saturated carbocycles. The minimum absolute atomic E-state index is 0.857. The SMILES string of the molecule is C1CCOC1.CCCCCCCCc1ccc(C=O)s1.CCCCCCCCc1cccs1. The lowest BCUT2D eigenvalue weighted by molar-refractivity contribution is 0.112. The maximum atomic E-state index is 10.5. The summed E-state index contributed by atoms with van der Waals surface area (Å²) < 4.78 is 4.94. The molecule has 0 aromatic carbocycles. The number of carbonyl (C=O) groups excluding carboxylic acids is 1. The monoisotopic (exact) mass is 492 g/mol. The maximum Gasteiger partial charge on any atom is 0.160 e. The van der Waals surface area contributed by atoms with Crippen LogP contribution < -0.4 is 0 Å². The van der Waals surface area contributed by atoms with Gasteiger partial charge in [-0.25, -0.2) is 0 Å². The van der Waals surface area contributed by atoms with Crippen LogP contribution in [-0.4, -0.2) is 19.5 Å². The fourth-order valence-electron chi connectivity index (χ4n) is 3.72. The topological polar surface area (TPSA) is 26.3 Å². The van der Waals surface area contributed by atoms with E-state index >= 15 is 0 Å². The van der Waals surface area contributed by atoms with Gasteiger partial charge in [0.1, 0.15) is 0 Å². The van der Waals surface area contributed by atoms with Gasteiger partial charge in [0.15, 0.2) is 6.29 Å². The number of hydrogen-bond donors (Lipinski definition) is 0. The zero-order valence-corrected chi connectivity index (χ0v) is 23.0. The molecule has 1 saturated heterocycles. The summed E-state index contributed by atoms with van der Waals surface area (Å²) >= 11 is 3.52. The molecule has 188 valence electrons. The molecule has 1 aliphatic heterocycles. The van der Waals surface area contributed by atoms with Crippen LogP contribution in [0.1, 0.15) is 123 Å². The second kappa shape index (κ2) is 22.8. The number of aldehydes is 1. The van der Waals surface area contributed by atoms with Crippen LogP contribution in [0.5, 0.6) is 0 Å². The summed E-state index contributed by atoms with van der Waals surface area (Å²) in [5, 5.41) is 2.17. The molecule has 0 atom stereocenters. The first kappa shape index (κ1) is 30.1. The van der Waals surface area contributed by atoms with Gasteiger partial charge in [-0.1, -0.05) is 84.1 Å². The van der Waals surface area contributed by atoms with Crippen LogP contribution >= 0.6 is 22.7 Å². The Hall–Kier alpha value is -0.970. The normalized spacial score (nSPS) is 12.5. The first-order chi connectivity index (χ1) is 16.3. The summed E-state index contributed by atoms with van der Waals surface area (Å²) in [7, 11) is 0. The van der Waals surface area contributed by atoms with Crippen LogP contribution in [0, 0.1) is 0 Å². The van der Waals surface area contributed by atoms with Gasteiger partial charge in [-0.15, -0.1) is 22.7 Å². The van der Waals surface area contributed by atoms with Gasteiger partial charge >= 0.3 is 0 Å². The van der Waals surface area contributed by atoms with Gasteiger partial charge in [-0.2, -0.15) is 0 Å². The molecule has 2 nitrogen and oxygen atoms in total. The molecule has 1 aliphatic rings. The van der Waals surface area contributed by atoms with E-state index < -0.39 is 0 Å². The van der Waals surface area contributed by atoms with Gasteiger partial charge in [0.25, 0.3) is 0 Å². The lowest BCUT2D eigenvalue weighted by atomic mass is 10.1. The van der Waals surface area contributed by atoms with E-state index in [0.29, 0.717) is 0 Å². The molecule has 4 heteroatoms. The van der Waals surface area contributed by atoms with Crippen molar-refractivity contribution < 1.29 is 9.53 Å². The maximum absolute atomic E-state index is 10.5. The molecule has 3 rings (SSSR count). The van der Waals surface area contributed by atoms with Crippen molar-refractivity contribution in [3.63, 3.8) is 0 Å². The van der Waals surface area contributed by atoms with Crippen LogP contribution in [0.2, 0.25) is 0 Å². The molecule has 0 amide bonds. The zero-order valence-electron chi connectivity index (χ0n) is 21.3. The fraction of sp³-hybridized carbons (Fsp3) is 0.690. The number of aryl methyl sites for hydroxylation is 2. The highest BCUT2D eigenvalue weighted by molar-refractivity contribution is 7.13. The van der Waals surface area contributed by atoms with Gasteiger partial charge in [-0.3, -0.25) is 4.79 Å². The Kier molecular flexibility index (Phi) is 20.8. The molecule has 0 aliphatic carbocycles. The number of rotatable bonds is 15. The minimum atomic E-state index is 0.857. The molecular formula is C29H48O2S2. The predicted octanol–water partition coefficient (Wildman–Crippen LogP) is 9.91. The molecule has 3 heterocycles. The van der Waals surface area contributed by atoms with Crippen molar-refractivity contribution in [2.75, 3.05) is 13.2 Å². The minimum Gasteiger partial charge on any atom is -0.381 e. The van der Waals surface area contributed by atoms with Crippen molar-refractivity contribution in [3.8, 4) is 0 Å². The van der Waals surface area contributed by atoms with E-state index in [2.05, 4.69) is 37.4 Å². The molecule has 33 heavy (non-hydrogen) atoms. The smallest absolute Gasteiger partial charge is 0.160 e. The Morgan fingerprint density at radius 3 is 1.79 bits per heavy atom. The number of carbonyl (C=O) groups is 1. The highest BCUT2D eigenvalue weighted by atomic mass is 32.1. The Balaban J connectivity index is 0.000000274. The first-order valence-electron chi connectivity index (χ1n) is 13.4. The first-order valence-corrected chi connectivity index (χ1v) is 15.1. The Labute approximate surface area is 212 Å². The van der Waals surface area contributed by atoms with Crippen LogP contribution in [0.3, 0.4) is 0 Å². The van der Waals surface area contributed by atoms with Crippen molar-refractivity contribution >= 4 is 29.0 Å². The standard InChI is InChI=1S/C13H20OS.C12H20S.C4H8O/c1-2-3-4-5-6-7-8-12-9-10-13(11-14)15-12;1-2-3-4-5-6-7-9-12-10-8-11-13-12;1-2-4-5-3-1/h9-11H,2-8H2,1H3;8,10-11H,2-7,9H2,1H3;1-4H2. The highest BCUT2D eigenvalue weighted by Crippen LogP contribution is 2.18. The van der Waals surface area contributed by atoms with E-state index in [9.17, 15) is 4.79 Å². The molecule has 0 spiro atoms. The van der Waals surface area contributed by atoms with Gasteiger partial charge in [0, 0.05) is 23.0 Å². The van der Waals surface area contributed by atoms with E-state index in [-0.39, 0.29) is 0 Å². The van der Waals surface area contributed by atoms with E-state index in [1.54, 1.807) is 16.2 Å². The third-order valence-electron chi connectivity index (χ3n) is 5.76. The average Bonchev–Trinajstić information content (AvgIpc) is 3.63. The molecule has 2 aromatic rings. The number of ether oxygens (including phenoxy) is 1. The summed E-state index contributed by atoms with van der Waals surface area (Å²) in [6, 6.07) is 8.40. The summed E-state index contributed by atoms with van der Waals surface area (Å²) in [5.41, 5.74) is 0. The van der Waals surface area contributed by atoms with Gasteiger partial charge in [-0.05, 0) is 62.1 Å². The molecule has 0 unspecified atom stereocenters. The van der Waals surface area contributed by atoms with Crippen LogP contribution in [0.25, 0.3) is 0 Å². The Morgan fingerprint density at radius 2 is 1.33 bits per heavy atom. The number of unbranched alkanes of at least 4 members (excludes halogenated alkanes) is 10. The van der Waals surface area contributed by atoms with Crippen molar-refractivity contribution in [2.24, 2.45) is 0 Å². The van der Waals surface area contributed by atoms with Crippen LogP contribution in [0.15, 0.2) is 29.6 Å². The average molecular weight is 493 g/mol. The summed E-state index contributed by atoms with van der Waals surface area (Å²) in [4.78, 5) is 14.2. The predicted molar refractivity (Wildman–Crippen MR) is 148 cm³/mol. The van der Waals surface area contributed by atoms with Gasteiger partial charge in [0.05, 0.1) is 4.88 Å². The van der Waals surface area contributed by atoms with E-state index in [4.69, 9.17) is 4.74 Å². The third-order valence-corrected chi connectivity index (χ3v) is 7.77. The van der Waals surface area contributed by atoms with Crippen LogP contribution in [0.4, 0.5) is 0 Å².